The number of nitrogens with one attached hydrogen (secondary N) is 2. The number of hydrogen-bond acceptors (Lipinski definition) is 2. The zero-order valence-corrected chi connectivity index (χ0v) is 11.1. The molecule has 0 aromatic carbocycles. The summed E-state index contributed by atoms with van der Waals surface area (Å²) in [4.78, 5) is 7.40. The Morgan fingerprint density at radius 1 is 0.923 bits per heavy atom. The molecule has 0 saturated heterocycles. The molecule has 2 N–H and O–H groups in total. The number of rotatable bonds is 6. The summed E-state index contributed by atoms with van der Waals surface area (Å²) in [5.74, 6) is 0. The van der Waals surface area contributed by atoms with E-state index in [2.05, 4.69) is 50.8 Å². The Balaban J connectivity index is 3.92. The van der Waals surface area contributed by atoms with Gasteiger partial charge in [-0.05, 0) is 38.0 Å². The lowest BCUT2D eigenvalue weighted by molar-refractivity contribution is 0.590. The molecule has 0 unspecified atom stereocenters. The molecule has 80 valence electrons. The first-order valence-corrected chi connectivity index (χ1v) is 8.46. The van der Waals surface area contributed by atoms with Crippen molar-refractivity contribution in [1.82, 2.24) is 9.96 Å². The summed E-state index contributed by atoms with van der Waals surface area (Å²) in [6.07, 6.45) is 2.41. The summed E-state index contributed by atoms with van der Waals surface area (Å²) in [5, 5.41) is 0. The van der Waals surface area contributed by atoms with Crippen LogP contribution in [0.5, 0.6) is 0 Å². The van der Waals surface area contributed by atoms with Crippen molar-refractivity contribution in [2.24, 2.45) is 0 Å². The molecule has 2 atom stereocenters. The molecule has 0 aliphatic rings. The van der Waals surface area contributed by atoms with Gasteiger partial charge >= 0.3 is 0 Å². The van der Waals surface area contributed by atoms with Crippen LogP contribution in [0.1, 0.15) is 40.5 Å². The summed E-state index contributed by atoms with van der Waals surface area (Å²) < 4.78 is 0. The molecule has 0 bridgehead atoms. The van der Waals surface area contributed by atoms with E-state index in [0.29, 0.717) is 12.1 Å². The third-order valence-corrected chi connectivity index (χ3v) is 4.87. The van der Waals surface area contributed by atoms with Crippen molar-refractivity contribution in [3.05, 3.63) is 0 Å². The van der Waals surface area contributed by atoms with Crippen molar-refractivity contribution >= 4 is 8.40 Å². The van der Waals surface area contributed by atoms with Crippen molar-refractivity contribution in [2.75, 3.05) is 0 Å². The van der Waals surface area contributed by atoms with E-state index >= 15 is 0 Å². The Bertz CT molecular complexity index is 123. The van der Waals surface area contributed by atoms with Gasteiger partial charge in [0.15, 0.2) is 8.40 Å². The van der Waals surface area contributed by atoms with E-state index in [4.69, 9.17) is 0 Å². The van der Waals surface area contributed by atoms with Crippen molar-refractivity contribution in [2.45, 2.75) is 65.7 Å². The molecule has 0 heterocycles. The summed E-state index contributed by atoms with van der Waals surface area (Å²) in [5.41, 5.74) is 0. The van der Waals surface area contributed by atoms with Gasteiger partial charge in [-0.3, -0.25) is 0 Å². The Labute approximate surface area is 84.7 Å². The minimum Gasteiger partial charge on any atom is -0.323 e. The molecule has 0 amide bonds. The normalized spacial score (nSPS) is 17.1. The van der Waals surface area contributed by atoms with Crippen LogP contribution in [0.25, 0.3) is 0 Å². The van der Waals surface area contributed by atoms with Crippen molar-refractivity contribution in [3.8, 4) is 0 Å². The van der Waals surface area contributed by atoms with Gasteiger partial charge in [-0.25, -0.2) is 0 Å². The lowest BCUT2D eigenvalue weighted by Crippen LogP contribution is -2.62. The van der Waals surface area contributed by atoms with Gasteiger partial charge in [-0.15, -0.1) is 0 Å². The van der Waals surface area contributed by atoms with Crippen LogP contribution in [0.4, 0.5) is 0 Å². The topological polar surface area (TPSA) is 24.1 Å². The van der Waals surface area contributed by atoms with E-state index in [1.165, 1.54) is 12.8 Å². The Morgan fingerprint density at radius 2 is 1.23 bits per heavy atom. The predicted molar refractivity (Wildman–Crippen MR) is 63.3 cm³/mol. The molecule has 0 fully saturated rings. The van der Waals surface area contributed by atoms with Gasteiger partial charge in [-0.1, -0.05) is 27.7 Å². The smallest absolute Gasteiger partial charge is 0.195 e. The van der Waals surface area contributed by atoms with Crippen LogP contribution in [0.15, 0.2) is 0 Å². The van der Waals surface area contributed by atoms with Crippen LogP contribution >= 0.6 is 0 Å². The minimum atomic E-state index is -1.37. The molecule has 0 radical (unpaired) electrons. The Hall–Kier alpha value is 0.137. The maximum Gasteiger partial charge on any atom is 0.195 e. The lowest BCUT2D eigenvalue weighted by atomic mass is 10.3. The largest absolute Gasteiger partial charge is 0.323 e. The maximum absolute atomic E-state index is 3.70. The molecule has 0 rings (SSSR count). The highest BCUT2D eigenvalue weighted by Gasteiger charge is 2.23. The van der Waals surface area contributed by atoms with Crippen molar-refractivity contribution in [1.29, 1.82) is 0 Å². The quantitative estimate of drug-likeness (QED) is 0.647. The number of hydrogen-bond donors (Lipinski definition) is 2. The summed E-state index contributed by atoms with van der Waals surface area (Å²) in [6.45, 7) is 13.6. The summed E-state index contributed by atoms with van der Waals surface area (Å²) >= 11 is 0. The molecular formula is C10H26N2Si. The predicted octanol–water partition coefficient (Wildman–Crippen LogP) is 2.46. The second kappa shape index (κ2) is 5.78. The molecule has 0 spiro atoms. The second-order valence-corrected chi connectivity index (χ2v) is 8.36. The highest BCUT2D eigenvalue weighted by atomic mass is 28.3. The Morgan fingerprint density at radius 3 is 1.46 bits per heavy atom. The van der Waals surface area contributed by atoms with Gasteiger partial charge in [0.2, 0.25) is 0 Å². The first kappa shape index (κ1) is 13.1. The first-order chi connectivity index (χ1) is 5.91. The van der Waals surface area contributed by atoms with Gasteiger partial charge in [0.1, 0.15) is 0 Å². The van der Waals surface area contributed by atoms with Crippen LogP contribution in [0, 0.1) is 0 Å². The summed E-state index contributed by atoms with van der Waals surface area (Å²) in [7, 11) is -1.37. The fraction of sp³-hybridized carbons (Fsp3) is 1.00. The molecule has 3 heteroatoms. The van der Waals surface area contributed by atoms with Gasteiger partial charge in [-0.2, -0.15) is 0 Å². The average molecular weight is 202 g/mol. The third-order valence-electron chi connectivity index (χ3n) is 2.44. The molecule has 13 heavy (non-hydrogen) atoms. The van der Waals surface area contributed by atoms with Gasteiger partial charge < -0.3 is 9.96 Å². The van der Waals surface area contributed by atoms with Gasteiger partial charge in [0, 0.05) is 0 Å². The van der Waals surface area contributed by atoms with Crippen LogP contribution in [-0.2, 0) is 0 Å². The monoisotopic (exact) mass is 202 g/mol. The van der Waals surface area contributed by atoms with Crippen LogP contribution in [0.3, 0.4) is 0 Å². The zero-order valence-electron chi connectivity index (χ0n) is 10.1. The van der Waals surface area contributed by atoms with E-state index in [1.807, 2.05) is 0 Å². The molecule has 0 saturated carbocycles. The molecule has 0 aliphatic carbocycles. The maximum atomic E-state index is 3.70. The highest BCUT2D eigenvalue weighted by molar-refractivity contribution is 6.72. The molecule has 2 nitrogen and oxygen atoms in total. The van der Waals surface area contributed by atoms with Crippen LogP contribution in [-0.4, -0.2) is 20.5 Å². The van der Waals surface area contributed by atoms with Crippen molar-refractivity contribution in [3.63, 3.8) is 0 Å². The zero-order chi connectivity index (χ0) is 10.5. The third kappa shape index (κ3) is 6.24. The van der Waals surface area contributed by atoms with E-state index in [9.17, 15) is 0 Å². The van der Waals surface area contributed by atoms with Crippen LogP contribution < -0.4 is 9.96 Å². The molecule has 0 aromatic heterocycles. The fourth-order valence-electron chi connectivity index (χ4n) is 1.48. The summed E-state index contributed by atoms with van der Waals surface area (Å²) in [6, 6.07) is 1.27. The minimum absolute atomic E-state index is 0.637. The van der Waals surface area contributed by atoms with E-state index in [1.54, 1.807) is 0 Å². The van der Waals surface area contributed by atoms with Gasteiger partial charge in [0.05, 0.1) is 0 Å². The lowest BCUT2D eigenvalue weighted by Gasteiger charge is -2.31. The van der Waals surface area contributed by atoms with Gasteiger partial charge in [0.25, 0.3) is 0 Å². The first-order valence-electron chi connectivity index (χ1n) is 5.46. The molecule has 0 aromatic rings. The molecule has 0 aliphatic heterocycles. The van der Waals surface area contributed by atoms with E-state index < -0.39 is 8.40 Å². The van der Waals surface area contributed by atoms with Crippen LogP contribution in [0.2, 0.25) is 13.1 Å². The van der Waals surface area contributed by atoms with E-state index in [0.717, 1.165) is 0 Å². The fourth-order valence-corrected chi connectivity index (χ4v) is 4.43. The Kier molecular flexibility index (Phi) is 5.84. The highest BCUT2D eigenvalue weighted by Crippen LogP contribution is 2.00. The standard InChI is InChI=1S/C10H26N2Si/c1-7-9(3)11-13(5,6)12-10(4)8-2/h9-12H,7-8H2,1-6H3/t9-,10-/m0/s1. The van der Waals surface area contributed by atoms with E-state index in [-0.39, 0.29) is 0 Å². The molecular weight excluding hydrogens is 176 g/mol. The second-order valence-electron chi connectivity index (χ2n) is 4.53. The van der Waals surface area contributed by atoms with Crippen molar-refractivity contribution < 1.29 is 0 Å². The average Bonchev–Trinajstić information content (AvgIpc) is 2.02. The SMILES string of the molecule is CC[C@H](C)N[Si](C)(C)N[C@@H](C)CC.